The Morgan fingerprint density at radius 1 is 1.11 bits per heavy atom. The standard InChI is InChI=1S/C27H23BrClF2N3O/c28-20-4-6-24-22(15-20)27(17-34(24)26(35)19-7-10-32-25(29)14-19)8-12-33(13-9-27)11-1-2-18-3-5-21(30)16-23(18)31/h1-7,10,14-16H,8-9,11-13,17H2. The summed E-state index contributed by atoms with van der Waals surface area (Å²) in [5.74, 6) is -1.22. The molecule has 1 fully saturated rings. The normalized spacial score (nSPS) is 17.3. The second kappa shape index (κ2) is 9.80. The van der Waals surface area contributed by atoms with Crippen LogP contribution in [0.2, 0.25) is 5.15 Å². The summed E-state index contributed by atoms with van der Waals surface area (Å²) in [5, 5.41) is 0.294. The maximum atomic E-state index is 13.9. The molecule has 0 bridgehead atoms. The molecule has 5 rings (SSSR count). The number of pyridine rings is 1. The van der Waals surface area contributed by atoms with Crippen molar-refractivity contribution >= 4 is 45.2 Å². The van der Waals surface area contributed by atoms with E-state index in [1.54, 1.807) is 24.4 Å². The second-order valence-electron chi connectivity index (χ2n) is 9.07. The first kappa shape index (κ1) is 24.1. The molecule has 2 aromatic carbocycles. The van der Waals surface area contributed by atoms with Crippen molar-refractivity contribution in [2.45, 2.75) is 18.3 Å². The highest BCUT2D eigenvalue weighted by molar-refractivity contribution is 9.10. The number of piperidine rings is 1. The minimum Gasteiger partial charge on any atom is -0.307 e. The van der Waals surface area contributed by atoms with Crippen LogP contribution in [0.5, 0.6) is 0 Å². The molecule has 0 atom stereocenters. The zero-order valence-electron chi connectivity index (χ0n) is 18.9. The SMILES string of the molecule is O=C(c1ccnc(Cl)c1)N1CC2(CCN(CC=Cc3ccc(F)cc3F)CC2)c2cc(Br)ccc21. The minimum atomic E-state index is -0.580. The molecule has 8 heteroatoms. The molecular formula is C27H23BrClF2N3O. The molecule has 0 radical (unpaired) electrons. The van der Waals surface area contributed by atoms with Crippen LogP contribution in [-0.2, 0) is 5.41 Å². The zero-order valence-corrected chi connectivity index (χ0v) is 21.2. The molecule has 2 aliphatic heterocycles. The molecule has 0 N–H and O–H groups in total. The van der Waals surface area contributed by atoms with Crippen molar-refractivity contribution in [3.05, 3.63) is 98.8 Å². The van der Waals surface area contributed by atoms with E-state index in [0.29, 0.717) is 29.4 Å². The van der Waals surface area contributed by atoms with Gasteiger partial charge < -0.3 is 4.90 Å². The average Bonchev–Trinajstić information content (AvgIpc) is 3.14. The Bertz CT molecular complexity index is 1310. The highest BCUT2D eigenvalue weighted by Gasteiger charge is 2.46. The third-order valence-electron chi connectivity index (χ3n) is 6.94. The molecule has 180 valence electrons. The Balaban J connectivity index is 1.31. The molecule has 3 aromatic rings. The maximum Gasteiger partial charge on any atom is 0.258 e. The highest BCUT2D eigenvalue weighted by atomic mass is 79.9. The number of halogens is 4. The number of anilines is 1. The van der Waals surface area contributed by atoms with Crippen LogP contribution < -0.4 is 4.90 Å². The maximum absolute atomic E-state index is 13.9. The van der Waals surface area contributed by atoms with Crippen molar-refractivity contribution in [2.24, 2.45) is 0 Å². The van der Waals surface area contributed by atoms with Gasteiger partial charge in [0, 0.05) is 52.1 Å². The Morgan fingerprint density at radius 2 is 1.91 bits per heavy atom. The van der Waals surface area contributed by atoms with Gasteiger partial charge in [0.25, 0.3) is 5.91 Å². The third-order valence-corrected chi connectivity index (χ3v) is 7.64. The predicted molar refractivity (Wildman–Crippen MR) is 138 cm³/mol. The molecule has 1 saturated heterocycles. The van der Waals surface area contributed by atoms with E-state index in [4.69, 9.17) is 11.6 Å². The zero-order chi connectivity index (χ0) is 24.6. The summed E-state index contributed by atoms with van der Waals surface area (Å²) >= 11 is 9.64. The molecule has 1 spiro atoms. The van der Waals surface area contributed by atoms with E-state index in [0.717, 1.165) is 42.2 Å². The number of nitrogens with zero attached hydrogens (tertiary/aromatic N) is 3. The summed E-state index contributed by atoms with van der Waals surface area (Å²) in [6.07, 6.45) is 6.96. The number of fused-ring (bicyclic) bond motifs is 2. The molecule has 1 aromatic heterocycles. The van der Waals surface area contributed by atoms with E-state index in [-0.39, 0.29) is 11.3 Å². The van der Waals surface area contributed by atoms with Gasteiger partial charge in [-0.05, 0) is 74.0 Å². The van der Waals surface area contributed by atoms with Crippen LogP contribution in [0, 0.1) is 11.6 Å². The van der Waals surface area contributed by atoms with Crippen molar-refractivity contribution in [3.63, 3.8) is 0 Å². The van der Waals surface area contributed by atoms with Gasteiger partial charge in [0.2, 0.25) is 0 Å². The van der Waals surface area contributed by atoms with Gasteiger partial charge in [-0.1, -0.05) is 39.7 Å². The van der Waals surface area contributed by atoms with Crippen LogP contribution >= 0.6 is 27.5 Å². The number of amides is 1. The fourth-order valence-corrected chi connectivity index (χ4v) is 5.61. The van der Waals surface area contributed by atoms with Gasteiger partial charge in [-0.3, -0.25) is 9.69 Å². The van der Waals surface area contributed by atoms with E-state index in [9.17, 15) is 13.6 Å². The van der Waals surface area contributed by atoms with Crippen LogP contribution in [0.4, 0.5) is 14.5 Å². The summed E-state index contributed by atoms with van der Waals surface area (Å²) in [6.45, 7) is 3.00. The van der Waals surface area contributed by atoms with Crippen LogP contribution in [0.15, 0.2) is 65.3 Å². The van der Waals surface area contributed by atoms with E-state index in [2.05, 4.69) is 31.9 Å². The molecule has 4 nitrogen and oxygen atoms in total. The fraction of sp³-hybridized carbons (Fsp3) is 0.259. The van der Waals surface area contributed by atoms with E-state index < -0.39 is 11.6 Å². The van der Waals surface area contributed by atoms with Gasteiger partial charge in [0.15, 0.2) is 0 Å². The number of hydrogen-bond acceptors (Lipinski definition) is 3. The third kappa shape index (κ3) is 4.90. The first-order chi connectivity index (χ1) is 16.8. The fourth-order valence-electron chi connectivity index (χ4n) is 5.07. The second-order valence-corrected chi connectivity index (χ2v) is 10.4. The number of hydrogen-bond donors (Lipinski definition) is 0. The highest BCUT2D eigenvalue weighted by Crippen LogP contribution is 2.48. The van der Waals surface area contributed by atoms with Crippen LogP contribution in [-0.4, -0.2) is 42.0 Å². The molecule has 0 saturated carbocycles. The quantitative estimate of drug-likeness (QED) is 0.344. The lowest BCUT2D eigenvalue weighted by molar-refractivity contribution is 0.0977. The first-order valence-corrected chi connectivity index (χ1v) is 12.6. The lowest BCUT2D eigenvalue weighted by atomic mass is 9.74. The summed E-state index contributed by atoms with van der Waals surface area (Å²) in [7, 11) is 0. The summed E-state index contributed by atoms with van der Waals surface area (Å²) in [4.78, 5) is 21.6. The molecule has 35 heavy (non-hydrogen) atoms. The number of benzene rings is 2. The number of aromatic nitrogens is 1. The lowest BCUT2D eigenvalue weighted by Gasteiger charge is -2.39. The Kier molecular flexibility index (Phi) is 6.75. The Labute approximate surface area is 216 Å². The summed E-state index contributed by atoms with van der Waals surface area (Å²) in [6, 6.07) is 13.0. The van der Waals surface area contributed by atoms with Crippen molar-refractivity contribution < 1.29 is 13.6 Å². The van der Waals surface area contributed by atoms with Gasteiger partial charge in [-0.2, -0.15) is 0 Å². The minimum absolute atomic E-state index is 0.0820. The largest absolute Gasteiger partial charge is 0.307 e. The van der Waals surface area contributed by atoms with Crippen LogP contribution in [0.3, 0.4) is 0 Å². The van der Waals surface area contributed by atoms with Gasteiger partial charge in [-0.15, -0.1) is 0 Å². The van der Waals surface area contributed by atoms with Gasteiger partial charge >= 0.3 is 0 Å². The first-order valence-electron chi connectivity index (χ1n) is 11.4. The molecule has 1 amide bonds. The lowest BCUT2D eigenvalue weighted by Crippen LogP contribution is -2.46. The number of rotatable bonds is 4. The van der Waals surface area contributed by atoms with Gasteiger partial charge in [0.05, 0.1) is 0 Å². The smallest absolute Gasteiger partial charge is 0.258 e. The number of likely N-dealkylation sites (tertiary alicyclic amines) is 1. The molecular weight excluding hydrogens is 536 g/mol. The number of carbonyl (C=O) groups is 1. The van der Waals surface area contributed by atoms with Crippen molar-refractivity contribution in [1.82, 2.24) is 9.88 Å². The van der Waals surface area contributed by atoms with E-state index in [1.807, 2.05) is 23.1 Å². The van der Waals surface area contributed by atoms with Crippen LogP contribution in [0.1, 0.15) is 34.3 Å². The Hall–Kier alpha value is -2.61. The predicted octanol–water partition coefficient (Wildman–Crippen LogP) is 6.48. The Morgan fingerprint density at radius 3 is 2.66 bits per heavy atom. The van der Waals surface area contributed by atoms with Crippen LogP contribution in [0.25, 0.3) is 6.08 Å². The molecule has 0 unspecified atom stereocenters. The van der Waals surface area contributed by atoms with Gasteiger partial charge in [-0.25, -0.2) is 13.8 Å². The molecule has 2 aliphatic rings. The average molecular weight is 559 g/mol. The van der Waals surface area contributed by atoms with Crippen molar-refractivity contribution in [1.29, 1.82) is 0 Å². The molecule has 0 aliphatic carbocycles. The number of carbonyl (C=O) groups excluding carboxylic acids is 1. The van der Waals surface area contributed by atoms with E-state index >= 15 is 0 Å². The van der Waals surface area contributed by atoms with E-state index in [1.165, 1.54) is 17.7 Å². The monoisotopic (exact) mass is 557 g/mol. The van der Waals surface area contributed by atoms with Crippen molar-refractivity contribution in [3.8, 4) is 0 Å². The summed E-state index contributed by atoms with van der Waals surface area (Å²) in [5.41, 5.74) is 2.89. The summed E-state index contributed by atoms with van der Waals surface area (Å²) < 4.78 is 28.0. The topological polar surface area (TPSA) is 36.4 Å². The van der Waals surface area contributed by atoms with Gasteiger partial charge in [0.1, 0.15) is 16.8 Å². The van der Waals surface area contributed by atoms with Crippen molar-refractivity contribution in [2.75, 3.05) is 31.1 Å². The molecule has 3 heterocycles.